The monoisotopic (exact) mass is 550 g/mol. The highest BCUT2D eigenvalue weighted by Gasteiger charge is 2.47. The molecule has 1 aliphatic heterocycles. The van der Waals surface area contributed by atoms with Crippen LogP contribution in [0.3, 0.4) is 0 Å². The van der Waals surface area contributed by atoms with Gasteiger partial charge in [-0.3, -0.25) is 9.46 Å². The predicted molar refractivity (Wildman–Crippen MR) is 107 cm³/mol. The van der Waals surface area contributed by atoms with Gasteiger partial charge in [0.2, 0.25) is 0 Å². The summed E-state index contributed by atoms with van der Waals surface area (Å²) < 4.78 is 70.0. The van der Waals surface area contributed by atoms with Crippen molar-refractivity contribution in [3.8, 4) is 5.88 Å². The molecule has 0 aromatic carbocycles. The second kappa shape index (κ2) is 10.3. The highest BCUT2D eigenvalue weighted by atomic mass is 31.3. The van der Waals surface area contributed by atoms with E-state index < -0.39 is 53.9 Å². The van der Waals surface area contributed by atoms with E-state index in [1.807, 2.05) is 0 Å². The van der Waals surface area contributed by atoms with Gasteiger partial charge >= 0.3 is 23.5 Å². The summed E-state index contributed by atoms with van der Waals surface area (Å²) in [5.41, 5.74) is -0.143. The maximum atomic E-state index is 12.2. The first-order chi connectivity index (χ1) is 15.8. The first-order valence-electron chi connectivity index (χ1n) is 9.01. The van der Waals surface area contributed by atoms with Gasteiger partial charge in [0.15, 0.2) is 17.4 Å². The molecule has 6 atom stereocenters. The average Bonchev–Trinajstić information content (AvgIpc) is 3.26. The van der Waals surface area contributed by atoms with E-state index in [4.69, 9.17) is 28.7 Å². The zero-order chi connectivity index (χ0) is 25.3. The number of fused-ring (bicyclic) bond motifs is 1. The molecule has 192 valence electrons. The number of imidazole rings is 1. The highest BCUT2D eigenvalue weighted by molar-refractivity contribution is 7.66. The Balaban J connectivity index is 1.90. The van der Waals surface area contributed by atoms with E-state index in [0.29, 0.717) is 0 Å². The average molecular weight is 550 g/mol. The zero-order valence-electron chi connectivity index (χ0n) is 17.7. The number of hydrogen-bond acceptors (Lipinski definition) is 13. The van der Waals surface area contributed by atoms with Crippen molar-refractivity contribution in [2.75, 3.05) is 27.9 Å². The van der Waals surface area contributed by atoms with Crippen molar-refractivity contribution in [3.63, 3.8) is 0 Å². The number of phosphoric acid groups is 3. The molecule has 0 saturated carbocycles. The third-order valence-electron chi connectivity index (χ3n) is 4.38. The van der Waals surface area contributed by atoms with Crippen LogP contribution in [0.4, 0.5) is 0 Å². The number of phosphoric ester groups is 1. The molecule has 2 aromatic heterocycles. The summed E-state index contributed by atoms with van der Waals surface area (Å²) in [4.78, 5) is 48.0. The second-order valence-electron chi connectivity index (χ2n) is 6.61. The Morgan fingerprint density at radius 3 is 2.24 bits per heavy atom. The second-order valence-corrected chi connectivity index (χ2v) is 11.0. The minimum atomic E-state index is -5.71. The summed E-state index contributed by atoms with van der Waals surface area (Å²) in [6.07, 6.45) is -0.324. The maximum Gasteiger partial charge on any atom is 0.537 e. The van der Waals surface area contributed by atoms with E-state index in [2.05, 4.69) is 28.1 Å². The lowest BCUT2D eigenvalue weighted by molar-refractivity contribution is -0.0636. The lowest BCUT2D eigenvalue weighted by Crippen LogP contribution is -2.36. The van der Waals surface area contributed by atoms with E-state index in [0.717, 1.165) is 6.33 Å². The third kappa shape index (κ3) is 6.25. The minimum absolute atomic E-state index is 0.0450. The normalized spacial score (nSPS) is 26.9. The lowest BCUT2D eigenvalue weighted by atomic mass is 10.1. The van der Waals surface area contributed by atoms with E-state index in [1.54, 1.807) is 0 Å². The van der Waals surface area contributed by atoms with Crippen LogP contribution in [0.5, 0.6) is 5.88 Å². The number of hydrogen-bond donors (Lipinski definition) is 4. The van der Waals surface area contributed by atoms with Gasteiger partial charge in [0.25, 0.3) is 5.88 Å². The first kappa shape index (κ1) is 27.2. The van der Waals surface area contributed by atoms with Crippen molar-refractivity contribution < 1.29 is 65.4 Å². The molecule has 4 N–H and O–H groups in total. The van der Waals surface area contributed by atoms with E-state index >= 15 is 0 Å². The Hall–Kier alpha value is -1.36. The van der Waals surface area contributed by atoms with Crippen LogP contribution in [-0.4, -0.2) is 85.3 Å². The fourth-order valence-corrected chi connectivity index (χ4v) is 6.25. The molecule has 0 amide bonds. The van der Waals surface area contributed by atoms with Gasteiger partial charge in [0.05, 0.1) is 12.9 Å². The van der Waals surface area contributed by atoms with Gasteiger partial charge in [-0.2, -0.15) is 13.6 Å². The molecular formula is C13H21N4O14P3. The zero-order valence-corrected chi connectivity index (χ0v) is 20.4. The summed E-state index contributed by atoms with van der Waals surface area (Å²) in [6, 6.07) is 0. The SMILES string of the molecule is COC[C@H]1O[C@@H](n2cnc3c(OP(=O)(O)OP(=O)(O)OP(=O)(O)O)ncnc32)[C@H](OC)[C@@H]1OC. The van der Waals surface area contributed by atoms with Gasteiger partial charge in [-0.1, -0.05) is 0 Å². The number of aromatic nitrogens is 4. The molecule has 0 aliphatic carbocycles. The molecule has 0 radical (unpaired) electrons. The molecule has 18 nitrogen and oxygen atoms in total. The van der Waals surface area contributed by atoms with Crippen molar-refractivity contribution in [3.05, 3.63) is 12.7 Å². The molecule has 21 heteroatoms. The summed E-state index contributed by atoms with van der Waals surface area (Å²) in [5.74, 6) is -0.658. The Bertz CT molecular complexity index is 1160. The van der Waals surface area contributed by atoms with E-state index in [-0.39, 0.29) is 17.8 Å². The maximum absolute atomic E-state index is 12.2. The summed E-state index contributed by atoms with van der Waals surface area (Å²) >= 11 is 0. The molecule has 0 bridgehead atoms. The molecule has 0 spiro atoms. The first-order valence-corrected chi connectivity index (χ1v) is 13.5. The quantitative estimate of drug-likeness (QED) is 0.271. The van der Waals surface area contributed by atoms with Crippen molar-refractivity contribution in [2.24, 2.45) is 0 Å². The largest absolute Gasteiger partial charge is 0.537 e. The topological polar surface area (TPSA) is 240 Å². The van der Waals surface area contributed by atoms with Crippen LogP contribution in [0.1, 0.15) is 6.23 Å². The molecule has 3 rings (SSSR count). The third-order valence-corrected chi connectivity index (χ3v) is 8.11. The Morgan fingerprint density at radius 2 is 1.65 bits per heavy atom. The number of methoxy groups -OCH3 is 3. The van der Waals surface area contributed by atoms with E-state index in [1.165, 1.54) is 32.2 Å². The van der Waals surface area contributed by atoms with Crippen molar-refractivity contribution >= 4 is 34.6 Å². The van der Waals surface area contributed by atoms with Crippen LogP contribution in [0, 0.1) is 0 Å². The van der Waals surface area contributed by atoms with Crippen LogP contribution < -0.4 is 4.52 Å². The summed E-state index contributed by atoms with van der Waals surface area (Å²) in [7, 11) is -12.4. The number of nitrogens with zero attached hydrogens (tertiary/aromatic N) is 4. The van der Waals surface area contributed by atoms with Gasteiger partial charge in [-0.25, -0.2) is 23.7 Å². The number of rotatable bonds is 11. The molecule has 3 heterocycles. The Kier molecular flexibility index (Phi) is 8.27. The van der Waals surface area contributed by atoms with Crippen LogP contribution in [0.2, 0.25) is 0 Å². The molecule has 34 heavy (non-hydrogen) atoms. The summed E-state index contributed by atoms with van der Waals surface area (Å²) in [5, 5.41) is 0. The van der Waals surface area contributed by atoms with Gasteiger partial charge in [0.1, 0.15) is 24.6 Å². The standard InChI is InChI=1S/C13H21N4O14P3/c1-25-4-7-9(26-2)10(27-3)13(28-7)17-6-16-8-11(17)14-5-15-12(8)29-33(21,22)31-34(23,24)30-32(18,19)20/h5-7,9-10,13H,4H2,1-3H3,(H,21,22)(H,23,24)(H2,18,19,20)/t7-,9-,10-,13-/m1/s1. The summed E-state index contributed by atoms with van der Waals surface area (Å²) in [6.45, 7) is 0.188. The van der Waals surface area contributed by atoms with Crippen LogP contribution in [0.25, 0.3) is 11.2 Å². The van der Waals surface area contributed by atoms with Crippen molar-refractivity contribution in [1.29, 1.82) is 0 Å². The Morgan fingerprint density at radius 1 is 0.971 bits per heavy atom. The smallest absolute Gasteiger partial charge is 0.383 e. The predicted octanol–water partition coefficient (Wildman–Crippen LogP) is 0.106. The molecule has 1 aliphatic rings. The van der Waals surface area contributed by atoms with Gasteiger partial charge < -0.3 is 38.2 Å². The minimum Gasteiger partial charge on any atom is -0.383 e. The fraction of sp³-hybridized carbons (Fsp3) is 0.615. The number of ether oxygens (including phenoxy) is 4. The molecule has 2 aromatic rings. The van der Waals surface area contributed by atoms with Crippen molar-refractivity contribution in [1.82, 2.24) is 19.5 Å². The van der Waals surface area contributed by atoms with Gasteiger partial charge in [-0.05, 0) is 0 Å². The molecular weight excluding hydrogens is 529 g/mol. The molecule has 2 unspecified atom stereocenters. The molecule has 1 fully saturated rings. The fourth-order valence-electron chi connectivity index (χ4n) is 3.26. The highest BCUT2D eigenvalue weighted by Crippen LogP contribution is 2.66. The van der Waals surface area contributed by atoms with Crippen molar-refractivity contribution in [2.45, 2.75) is 24.5 Å². The van der Waals surface area contributed by atoms with Gasteiger partial charge in [-0.15, -0.1) is 0 Å². The van der Waals surface area contributed by atoms with Crippen LogP contribution >= 0.6 is 23.5 Å². The van der Waals surface area contributed by atoms with Crippen LogP contribution in [0.15, 0.2) is 12.7 Å². The van der Waals surface area contributed by atoms with Gasteiger partial charge in [0, 0.05) is 21.3 Å². The van der Waals surface area contributed by atoms with E-state index in [9.17, 15) is 23.5 Å². The molecule has 1 saturated heterocycles. The lowest BCUT2D eigenvalue weighted by Gasteiger charge is -2.22. The van der Waals surface area contributed by atoms with Crippen LogP contribution in [-0.2, 0) is 41.3 Å². The Labute approximate surface area is 191 Å².